The summed E-state index contributed by atoms with van der Waals surface area (Å²) in [5, 5.41) is 0. The SMILES string of the molecule is CCOc1ccccc1Oc1ccc(C)cc1CN. The molecule has 19 heavy (non-hydrogen) atoms. The monoisotopic (exact) mass is 257 g/mol. The van der Waals surface area contributed by atoms with E-state index < -0.39 is 0 Å². The predicted molar refractivity (Wildman–Crippen MR) is 76.8 cm³/mol. The van der Waals surface area contributed by atoms with Crippen molar-refractivity contribution in [2.75, 3.05) is 6.61 Å². The Morgan fingerprint density at radius 2 is 1.74 bits per heavy atom. The van der Waals surface area contributed by atoms with E-state index in [-0.39, 0.29) is 0 Å². The van der Waals surface area contributed by atoms with Crippen LogP contribution in [0, 0.1) is 6.92 Å². The normalized spacial score (nSPS) is 10.3. The molecule has 0 aliphatic carbocycles. The van der Waals surface area contributed by atoms with Gasteiger partial charge >= 0.3 is 0 Å². The van der Waals surface area contributed by atoms with Crippen molar-refractivity contribution in [1.29, 1.82) is 0 Å². The minimum atomic E-state index is 0.452. The molecule has 0 radical (unpaired) electrons. The van der Waals surface area contributed by atoms with Crippen molar-refractivity contribution in [3.05, 3.63) is 53.6 Å². The second kappa shape index (κ2) is 6.25. The summed E-state index contributed by atoms with van der Waals surface area (Å²) in [6.07, 6.45) is 0. The van der Waals surface area contributed by atoms with E-state index in [1.807, 2.05) is 56.3 Å². The maximum atomic E-state index is 5.93. The molecule has 0 heterocycles. The van der Waals surface area contributed by atoms with Crippen molar-refractivity contribution in [2.24, 2.45) is 5.73 Å². The van der Waals surface area contributed by atoms with Gasteiger partial charge in [0.05, 0.1) is 6.61 Å². The zero-order chi connectivity index (χ0) is 13.7. The van der Waals surface area contributed by atoms with Crippen LogP contribution in [-0.4, -0.2) is 6.61 Å². The highest BCUT2D eigenvalue weighted by molar-refractivity contribution is 5.45. The van der Waals surface area contributed by atoms with Crippen LogP contribution in [0.3, 0.4) is 0 Å². The Kier molecular flexibility index (Phi) is 4.42. The van der Waals surface area contributed by atoms with Crippen LogP contribution in [0.1, 0.15) is 18.1 Å². The fraction of sp³-hybridized carbons (Fsp3) is 0.250. The Labute approximate surface area is 114 Å². The molecule has 100 valence electrons. The van der Waals surface area contributed by atoms with Gasteiger partial charge in [-0.2, -0.15) is 0 Å². The Balaban J connectivity index is 2.30. The Morgan fingerprint density at radius 3 is 2.42 bits per heavy atom. The first-order chi connectivity index (χ1) is 9.24. The quantitative estimate of drug-likeness (QED) is 0.889. The van der Waals surface area contributed by atoms with Crippen molar-refractivity contribution in [2.45, 2.75) is 20.4 Å². The number of aryl methyl sites for hydroxylation is 1. The average Bonchev–Trinajstić information content (AvgIpc) is 2.43. The van der Waals surface area contributed by atoms with Gasteiger partial charge in [0.2, 0.25) is 0 Å². The number of ether oxygens (including phenoxy) is 2. The van der Waals surface area contributed by atoms with Crippen LogP contribution < -0.4 is 15.2 Å². The van der Waals surface area contributed by atoms with Crippen LogP contribution in [0.5, 0.6) is 17.2 Å². The molecule has 0 saturated carbocycles. The maximum absolute atomic E-state index is 5.93. The van der Waals surface area contributed by atoms with Gasteiger partial charge in [0.15, 0.2) is 11.5 Å². The molecule has 0 aliphatic heterocycles. The topological polar surface area (TPSA) is 44.5 Å². The average molecular weight is 257 g/mol. The summed E-state index contributed by atoms with van der Waals surface area (Å²) in [4.78, 5) is 0. The molecule has 0 atom stereocenters. The molecule has 0 saturated heterocycles. The second-order valence-electron chi connectivity index (χ2n) is 4.30. The minimum Gasteiger partial charge on any atom is -0.490 e. The van der Waals surface area contributed by atoms with Crippen LogP contribution in [0.25, 0.3) is 0 Å². The predicted octanol–water partition coefficient (Wildman–Crippen LogP) is 3.64. The zero-order valence-corrected chi connectivity index (χ0v) is 11.3. The summed E-state index contributed by atoms with van der Waals surface area (Å²) in [6, 6.07) is 13.6. The summed E-state index contributed by atoms with van der Waals surface area (Å²) in [5.74, 6) is 2.23. The van der Waals surface area contributed by atoms with E-state index in [9.17, 15) is 0 Å². The third-order valence-electron chi connectivity index (χ3n) is 2.80. The van der Waals surface area contributed by atoms with E-state index in [4.69, 9.17) is 15.2 Å². The lowest BCUT2D eigenvalue weighted by Crippen LogP contribution is -2.01. The molecule has 2 aromatic rings. The molecule has 2 N–H and O–H groups in total. The molecule has 0 aromatic heterocycles. The van der Waals surface area contributed by atoms with E-state index in [0.717, 1.165) is 17.1 Å². The molecule has 0 aliphatic rings. The standard InChI is InChI=1S/C16H19NO2/c1-3-18-15-6-4-5-7-16(15)19-14-9-8-12(2)10-13(14)11-17/h4-10H,3,11,17H2,1-2H3. The molecular weight excluding hydrogens is 238 g/mol. The summed E-state index contributed by atoms with van der Waals surface area (Å²) >= 11 is 0. The fourth-order valence-corrected chi connectivity index (χ4v) is 1.90. The van der Waals surface area contributed by atoms with Gasteiger partial charge in [0, 0.05) is 12.1 Å². The lowest BCUT2D eigenvalue weighted by atomic mass is 10.1. The molecule has 0 amide bonds. The molecule has 0 fully saturated rings. The third kappa shape index (κ3) is 3.26. The number of nitrogens with two attached hydrogens (primary N) is 1. The lowest BCUT2D eigenvalue weighted by Gasteiger charge is -2.14. The molecule has 0 unspecified atom stereocenters. The van der Waals surface area contributed by atoms with Crippen LogP contribution in [0.4, 0.5) is 0 Å². The van der Waals surface area contributed by atoms with Gasteiger partial charge in [-0.25, -0.2) is 0 Å². The molecule has 3 heteroatoms. The molecule has 3 nitrogen and oxygen atoms in total. The molecule has 2 aromatic carbocycles. The summed E-state index contributed by atoms with van der Waals surface area (Å²) in [5.41, 5.74) is 7.92. The number of rotatable bonds is 5. The lowest BCUT2D eigenvalue weighted by molar-refractivity contribution is 0.321. The van der Waals surface area contributed by atoms with E-state index in [2.05, 4.69) is 0 Å². The third-order valence-corrected chi connectivity index (χ3v) is 2.80. The van der Waals surface area contributed by atoms with Crippen LogP contribution in [0.2, 0.25) is 0 Å². The van der Waals surface area contributed by atoms with Crippen molar-refractivity contribution < 1.29 is 9.47 Å². The largest absolute Gasteiger partial charge is 0.490 e. The van der Waals surface area contributed by atoms with E-state index in [1.165, 1.54) is 5.56 Å². The molecule has 2 rings (SSSR count). The van der Waals surface area contributed by atoms with Crippen molar-refractivity contribution in [1.82, 2.24) is 0 Å². The van der Waals surface area contributed by atoms with Crippen LogP contribution in [-0.2, 0) is 6.54 Å². The number of para-hydroxylation sites is 2. The summed E-state index contributed by atoms with van der Waals surface area (Å²) in [7, 11) is 0. The van der Waals surface area contributed by atoms with Gasteiger partial charge in [-0.15, -0.1) is 0 Å². The van der Waals surface area contributed by atoms with Crippen molar-refractivity contribution in [3.63, 3.8) is 0 Å². The highest BCUT2D eigenvalue weighted by atomic mass is 16.5. The van der Waals surface area contributed by atoms with Gasteiger partial charge in [-0.1, -0.05) is 29.8 Å². The molecule has 0 spiro atoms. The number of benzene rings is 2. The first-order valence-electron chi connectivity index (χ1n) is 6.44. The van der Waals surface area contributed by atoms with Gasteiger partial charge in [0.25, 0.3) is 0 Å². The second-order valence-corrected chi connectivity index (χ2v) is 4.30. The van der Waals surface area contributed by atoms with Crippen LogP contribution in [0.15, 0.2) is 42.5 Å². The molecular formula is C16H19NO2. The first kappa shape index (κ1) is 13.4. The van der Waals surface area contributed by atoms with Crippen molar-refractivity contribution >= 4 is 0 Å². The Bertz CT molecular complexity index is 552. The van der Waals surface area contributed by atoms with Gasteiger partial charge in [-0.05, 0) is 32.0 Å². The minimum absolute atomic E-state index is 0.452. The zero-order valence-electron chi connectivity index (χ0n) is 11.3. The van der Waals surface area contributed by atoms with E-state index >= 15 is 0 Å². The van der Waals surface area contributed by atoms with Gasteiger partial charge < -0.3 is 15.2 Å². The fourth-order valence-electron chi connectivity index (χ4n) is 1.90. The van der Waals surface area contributed by atoms with Gasteiger partial charge in [0.1, 0.15) is 5.75 Å². The van der Waals surface area contributed by atoms with E-state index in [1.54, 1.807) is 0 Å². The highest BCUT2D eigenvalue weighted by Crippen LogP contribution is 2.33. The maximum Gasteiger partial charge on any atom is 0.169 e. The Hall–Kier alpha value is -2.00. The van der Waals surface area contributed by atoms with E-state index in [0.29, 0.717) is 18.9 Å². The highest BCUT2D eigenvalue weighted by Gasteiger charge is 2.08. The number of hydrogen-bond acceptors (Lipinski definition) is 3. The smallest absolute Gasteiger partial charge is 0.169 e. The van der Waals surface area contributed by atoms with Crippen LogP contribution >= 0.6 is 0 Å². The van der Waals surface area contributed by atoms with Crippen molar-refractivity contribution in [3.8, 4) is 17.2 Å². The Morgan fingerprint density at radius 1 is 1.00 bits per heavy atom. The summed E-state index contributed by atoms with van der Waals surface area (Å²) in [6.45, 7) is 5.05. The van der Waals surface area contributed by atoms with Gasteiger partial charge in [-0.3, -0.25) is 0 Å². The molecule has 0 bridgehead atoms. The first-order valence-corrected chi connectivity index (χ1v) is 6.44. The number of hydrogen-bond donors (Lipinski definition) is 1. The summed E-state index contributed by atoms with van der Waals surface area (Å²) < 4.78 is 11.5.